The standard InChI is InChI=1S/C16H16F3N/c1-9-3-4-11(7-10(9)2)8-14(20)12-5-6-13(17)16(19)15(12)18/h3-7,14H,8,20H2,1-2H3. The lowest BCUT2D eigenvalue weighted by Gasteiger charge is -2.14. The number of benzene rings is 2. The molecule has 0 saturated carbocycles. The molecule has 0 fully saturated rings. The van der Waals surface area contributed by atoms with Gasteiger partial charge in [-0.3, -0.25) is 0 Å². The van der Waals surface area contributed by atoms with Gasteiger partial charge in [0.05, 0.1) is 0 Å². The van der Waals surface area contributed by atoms with E-state index >= 15 is 0 Å². The molecule has 0 heterocycles. The summed E-state index contributed by atoms with van der Waals surface area (Å²) in [7, 11) is 0. The highest BCUT2D eigenvalue weighted by Crippen LogP contribution is 2.23. The third-order valence-corrected chi connectivity index (χ3v) is 3.49. The van der Waals surface area contributed by atoms with Crippen LogP contribution in [0.3, 0.4) is 0 Å². The molecular weight excluding hydrogens is 263 g/mol. The van der Waals surface area contributed by atoms with Gasteiger partial charge in [-0.15, -0.1) is 0 Å². The SMILES string of the molecule is Cc1ccc(CC(N)c2ccc(F)c(F)c2F)cc1C. The number of aryl methyl sites for hydroxylation is 2. The zero-order chi connectivity index (χ0) is 14.9. The second-order valence-electron chi connectivity index (χ2n) is 4.99. The summed E-state index contributed by atoms with van der Waals surface area (Å²) >= 11 is 0. The van der Waals surface area contributed by atoms with Gasteiger partial charge in [-0.1, -0.05) is 24.3 Å². The van der Waals surface area contributed by atoms with Gasteiger partial charge in [0.15, 0.2) is 17.5 Å². The summed E-state index contributed by atoms with van der Waals surface area (Å²) in [4.78, 5) is 0. The molecule has 2 rings (SSSR count). The lowest BCUT2D eigenvalue weighted by Crippen LogP contribution is -2.16. The van der Waals surface area contributed by atoms with Crippen molar-refractivity contribution in [1.82, 2.24) is 0 Å². The van der Waals surface area contributed by atoms with E-state index < -0.39 is 23.5 Å². The zero-order valence-corrected chi connectivity index (χ0v) is 11.4. The molecule has 0 amide bonds. The van der Waals surface area contributed by atoms with Crippen molar-refractivity contribution in [2.24, 2.45) is 5.73 Å². The van der Waals surface area contributed by atoms with Gasteiger partial charge in [0.1, 0.15) is 0 Å². The fourth-order valence-electron chi connectivity index (χ4n) is 2.12. The Hall–Kier alpha value is -1.81. The van der Waals surface area contributed by atoms with Crippen LogP contribution in [0.5, 0.6) is 0 Å². The summed E-state index contributed by atoms with van der Waals surface area (Å²) in [5.74, 6) is -3.89. The van der Waals surface area contributed by atoms with Crippen molar-refractivity contribution >= 4 is 0 Å². The Morgan fingerprint density at radius 2 is 1.65 bits per heavy atom. The second kappa shape index (κ2) is 5.67. The molecule has 2 aromatic rings. The van der Waals surface area contributed by atoms with E-state index in [-0.39, 0.29) is 5.56 Å². The van der Waals surface area contributed by atoms with Crippen LogP contribution in [0.2, 0.25) is 0 Å². The second-order valence-corrected chi connectivity index (χ2v) is 4.99. The third kappa shape index (κ3) is 2.85. The molecule has 0 aliphatic heterocycles. The summed E-state index contributed by atoms with van der Waals surface area (Å²) in [6.07, 6.45) is 0.364. The van der Waals surface area contributed by atoms with Gasteiger partial charge < -0.3 is 5.73 Å². The minimum atomic E-state index is -1.47. The lowest BCUT2D eigenvalue weighted by atomic mass is 9.96. The normalized spacial score (nSPS) is 12.5. The Kier molecular flexibility index (Phi) is 4.14. The van der Waals surface area contributed by atoms with Crippen LogP contribution in [0.1, 0.15) is 28.3 Å². The van der Waals surface area contributed by atoms with E-state index in [1.165, 1.54) is 6.07 Å². The molecule has 2 aromatic carbocycles. The fourth-order valence-corrected chi connectivity index (χ4v) is 2.12. The molecule has 0 saturated heterocycles. The molecule has 1 nitrogen and oxygen atoms in total. The van der Waals surface area contributed by atoms with Crippen molar-refractivity contribution in [3.8, 4) is 0 Å². The summed E-state index contributed by atoms with van der Waals surface area (Å²) in [5, 5.41) is 0. The third-order valence-electron chi connectivity index (χ3n) is 3.49. The number of hydrogen-bond donors (Lipinski definition) is 1. The van der Waals surface area contributed by atoms with Crippen LogP contribution < -0.4 is 5.73 Å². The Balaban J connectivity index is 2.26. The van der Waals surface area contributed by atoms with E-state index in [1.54, 1.807) is 0 Å². The smallest absolute Gasteiger partial charge is 0.194 e. The largest absolute Gasteiger partial charge is 0.324 e. The highest BCUT2D eigenvalue weighted by molar-refractivity contribution is 5.32. The van der Waals surface area contributed by atoms with Gasteiger partial charge in [0, 0.05) is 11.6 Å². The minimum absolute atomic E-state index is 0.0119. The van der Waals surface area contributed by atoms with Gasteiger partial charge in [0.2, 0.25) is 0 Å². The zero-order valence-electron chi connectivity index (χ0n) is 11.4. The van der Waals surface area contributed by atoms with Crippen molar-refractivity contribution in [1.29, 1.82) is 0 Å². The molecular formula is C16H16F3N. The van der Waals surface area contributed by atoms with Gasteiger partial charge in [-0.25, -0.2) is 13.2 Å². The van der Waals surface area contributed by atoms with E-state index in [9.17, 15) is 13.2 Å². The van der Waals surface area contributed by atoms with Crippen LogP contribution in [-0.2, 0) is 6.42 Å². The van der Waals surface area contributed by atoms with Crippen LogP contribution >= 0.6 is 0 Å². The first-order valence-electron chi connectivity index (χ1n) is 6.35. The number of hydrogen-bond acceptors (Lipinski definition) is 1. The predicted octanol–water partition coefficient (Wildman–Crippen LogP) is 3.96. The average Bonchev–Trinajstić information content (AvgIpc) is 2.40. The molecule has 4 heteroatoms. The van der Waals surface area contributed by atoms with Crippen LogP contribution in [0.25, 0.3) is 0 Å². The van der Waals surface area contributed by atoms with E-state index in [1.807, 2.05) is 32.0 Å². The molecule has 2 N–H and O–H groups in total. The fraction of sp³-hybridized carbons (Fsp3) is 0.250. The number of rotatable bonds is 3. The first-order valence-corrected chi connectivity index (χ1v) is 6.35. The van der Waals surface area contributed by atoms with Gasteiger partial charge >= 0.3 is 0 Å². The van der Waals surface area contributed by atoms with Gasteiger partial charge in [0.25, 0.3) is 0 Å². The average molecular weight is 279 g/mol. The minimum Gasteiger partial charge on any atom is -0.324 e. The van der Waals surface area contributed by atoms with Crippen molar-refractivity contribution < 1.29 is 13.2 Å². The molecule has 1 unspecified atom stereocenters. The first kappa shape index (κ1) is 14.6. The van der Waals surface area contributed by atoms with Crippen molar-refractivity contribution in [2.45, 2.75) is 26.3 Å². The van der Waals surface area contributed by atoms with Gasteiger partial charge in [-0.05, 0) is 43.0 Å². The van der Waals surface area contributed by atoms with Crippen molar-refractivity contribution in [3.63, 3.8) is 0 Å². The summed E-state index contributed by atoms with van der Waals surface area (Å²) < 4.78 is 39.8. The topological polar surface area (TPSA) is 26.0 Å². The van der Waals surface area contributed by atoms with E-state index in [2.05, 4.69) is 0 Å². The van der Waals surface area contributed by atoms with E-state index in [4.69, 9.17) is 5.73 Å². The van der Waals surface area contributed by atoms with Crippen molar-refractivity contribution in [2.75, 3.05) is 0 Å². The van der Waals surface area contributed by atoms with E-state index in [0.29, 0.717) is 6.42 Å². The van der Waals surface area contributed by atoms with Crippen molar-refractivity contribution in [3.05, 3.63) is 70.0 Å². The summed E-state index contributed by atoms with van der Waals surface area (Å²) in [5.41, 5.74) is 9.09. The van der Waals surface area contributed by atoms with Crippen LogP contribution in [0.4, 0.5) is 13.2 Å². The molecule has 0 aromatic heterocycles. The molecule has 0 aliphatic rings. The predicted molar refractivity (Wildman–Crippen MR) is 72.9 cm³/mol. The Morgan fingerprint density at radius 3 is 2.30 bits per heavy atom. The highest BCUT2D eigenvalue weighted by Gasteiger charge is 2.18. The molecule has 20 heavy (non-hydrogen) atoms. The molecule has 0 radical (unpaired) electrons. The first-order chi connectivity index (χ1) is 9.40. The lowest BCUT2D eigenvalue weighted by molar-refractivity contribution is 0.435. The van der Waals surface area contributed by atoms with Crippen LogP contribution in [0.15, 0.2) is 30.3 Å². The summed E-state index contributed by atoms with van der Waals surface area (Å²) in [6.45, 7) is 3.97. The maximum atomic E-state index is 13.7. The Bertz CT molecular complexity index is 638. The van der Waals surface area contributed by atoms with Crippen LogP contribution in [-0.4, -0.2) is 0 Å². The Morgan fingerprint density at radius 1 is 0.950 bits per heavy atom. The maximum absolute atomic E-state index is 13.7. The number of nitrogens with two attached hydrogens (primary N) is 1. The Labute approximate surface area is 116 Å². The highest BCUT2D eigenvalue weighted by atomic mass is 19.2. The van der Waals surface area contributed by atoms with Crippen LogP contribution in [0, 0.1) is 31.3 Å². The quantitative estimate of drug-likeness (QED) is 0.845. The molecule has 0 spiro atoms. The van der Waals surface area contributed by atoms with Gasteiger partial charge in [-0.2, -0.15) is 0 Å². The molecule has 1 atom stereocenters. The maximum Gasteiger partial charge on any atom is 0.194 e. The molecule has 0 bridgehead atoms. The molecule has 0 aliphatic carbocycles. The summed E-state index contributed by atoms with van der Waals surface area (Å²) in [6, 6.07) is 7.20. The monoisotopic (exact) mass is 279 g/mol. The molecule has 106 valence electrons. The number of halogens is 3. The van der Waals surface area contributed by atoms with E-state index in [0.717, 1.165) is 22.8 Å².